The average Bonchev–Trinajstić information content (AvgIpc) is 2.28. The van der Waals surface area contributed by atoms with Crippen LogP contribution in [0.5, 0.6) is 0 Å². The third-order valence-electron chi connectivity index (χ3n) is 3.78. The van der Waals surface area contributed by atoms with E-state index in [1.807, 2.05) is 13.1 Å². The average molecular weight is 248 g/mol. The number of aromatic nitrogens is 1. The van der Waals surface area contributed by atoms with Gasteiger partial charge < -0.3 is 10.0 Å². The van der Waals surface area contributed by atoms with Crippen LogP contribution >= 0.6 is 0 Å². The van der Waals surface area contributed by atoms with Crippen molar-refractivity contribution in [3.05, 3.63) is 23.9 Å². The fourth-order valence-corrected chi connectivity index (χ4v) is 2.23. The highest BCUT2D eigenvalue weighted by Crippen LogP contribution is 2.26. The van der Waals surface area contributed by atoms with Gasteiger partial charge in [-0.1, -0.05) is 26.8 Å². The highest BCUT2D eigenvalue weighted by atomic mass is 16.3. The summed E-state index contributed by atoms with van der Waals surface area (Å²) >= 11 is 0. The molecule has 0 saturated carbocycles. The summed E-state index contributed by atoms with van der Waals surface area (Å²) in [6, 6.07) is 4.26. The summed E-state index contributed by atoms with van der Waals surface area (Å²) in [5.74, 6) is 1.03. The zero-order valence-corrected chi connectivity index (χ0v) is 11.9. The first-order valence-electron chi connectivity index (χ1n) is 6.72. The summed E-state index contributed by atoms with van der Waals surface area (Å²) in [7, 11) is 0. The van der Waals surface area contributed by atoms with E-state index < -0.39 is 5.60 Å². The maximum atomic E-state index is 9.94. The molecule has 1 fully saturated rings. The van der Waals surface area contributed by atoms with Gasteiger partial charge in [-0.3, -0.25) is 0 Å². The van der Waals surface area contributed by atoms with Crippen molar-refractivity contribution >= 4 is 5.82 Å². The van der Waals surface area contributed by atoms with E-state index in [0.717, 1.165) is 31.7 Å². The van der Waals surface area contributed by atoms with E-state index in [2.05, 4.69) is 42.8 Å². The maximum Gasteiger partial charge on any atom is 0.128 e. The van der Waals surface area contributed by atoms with Crippen molar-refractivity contribution in [2.24, 2.45) is 0 Å². The van der Waals surface area contributed by atoms with Gasteiger partial charge in [0.2, 0.25) is 0 Å². The number of nitrogens with zero attached hydrogens (tertiary/aromatic N) is 2. The molecule has 1 aromatic heterocycles. The van der Waals surface area contributed by atoms with Gasteiger partial charge in [-0.2, -0.15) is 0 Å². The van der Waals surface area contributed by atoms with Crippen LogP contribution in [-0.4, -0.2) is 28.8 Å². The molecule has 0 amide bonds. The summed E-state index contributed by atoms with van der Waals surface area (Å²) in [6.45, 7) is 10.3. The Balaban J connectivity index is 2.07. The highest BCUT2D eigenvalue weighted by Gasteiger charge is 2.27. The lowest BCUT2D eigenvalue weighted by atomic mass is 9.88. The van der Waals surface area contributed by atoms with Gasteiger partial charge in [0, 0.05) is 19.3 Å². The van der Waals surface area contributed by atoms with Gasteiger partial charge in [0.25, 0.3) is 0 Å². The van der Waals surface area contributed by atoms with Gasteiger partial charge in [-0.15, -0.1) is 0 Å². The minimum absolute atomic E-state index is 0.150. The van der Waals surface area contributed by atoms with Crippen LogP contribution in [0.2, 0.25) is 0 Å². The molecule has 0 bridgehead atoms. The summed E-state index contributed by atoms with van der Waals surface area (Å²) < 4.78 is 0. The normalized spacial score (nSPS) is 19.9. The molecule has 2 heterocycles. The van der Waals surface area contributed by atoms with Crippen LogP contribution in [0, 0.1) is 0 Å². The summed E-state index contributed by atoms with van der Waals surface area (Å²) in [6.07, 6.45) is 3.60. The second kappa shape index (κ2) is 4.54. The molecule has 3 heteroatoms. The molecule has 0 atom stereocenters. The molecule has 0 aromatic carbocycles. The Morgan fingerprint density at radius 3 is 2.28 bits per heavy atom. The van der Waals surface area contributed by atoms with Crippen LogP contribution in [0.1, 0.15) is 46.1 Å². The van der Waals surface area contributed by atoms with E-state index in [9.17, 15) is 5.11 Å². The molecule has 1 saturated heterocycles. The Morgan fingerprint density at radius 1 is 1.22 bits per heavy atom. The molecule has 0 aliphatic carbocycles. The van der Waals surface area contributed by atoms with Crippen LogP contribution in [0.4, 0.5) is 5.82 Å². The summed E-state index contributed by atoms with van der Waals surface area (Å²) in [5.41, 5.74) is 0.911. The standard InChI is InChI=1S/C15H24N2O/c1-14(2,3)12-5-6-13(16-11-12)17-9-7-15(4,18)8-10-17/h5-6,11,18H,7-10H2,1-4H3. The van der Waals surface area contributed by atoms with Gasteiger partial charge in [0.05, 0.1) is 5.60 Å². The molecule has 18 heavy (non-hydrogen) atoms. The lowest BCUT2D eigenvalue weighted by Crippen LogP contribution is -2.42. The number of hydrogen-bond acceptors (Lipinski definition) is 3. The van der Waals surface area contributed by atoms with Gasteiger partial charge >= 0.3 is 0 Å². The van der Waals surface area contributed by atoms with Crippen molar-refractivity contribution in [3.63, 3.8) is 0 Å². The SMILES string of the molecule is CC1(O)CCN(c2ccc(C(C)(C)C)cn2)CC1. The van der Waals surface area contributed by atoms with Gasteiger partial charge in [0.15, 0.2) is 0 Å². The molecule has 2 rings (SSSR count). The number of piperidine rings is 1. The molecule has 1 aromatic rings. The highest BCUT2D eigenvalue weighted by molar-refractivity contribution is 5.41. The van der Waals surface area contributed by atoms with E-state index >= 15 is 0 Å². The number of rotatable bonds is 1. The molecular formula is C15H24N2O. The smallest absolute Gasteiger partial charge is 0.128 e. The monoisotopic (exact) mass is 248 g/mol. The quantitative estimate of drug-likeness (QED) is 0.830. The van der Waals surface area contributed by atoms with E-state index in [1.165, 1.54) is 5.56 Å². The number of hydrogen-bond donors (Lipinski definition) is 1. The van der Waals surface area contributed by atoms with E-state index in [1.54, 1.807) is 0 Å². The third kappa shape index (κ3) is 3.02. The van der Waals surface area contributed by atoms with Crippen molar-refractivity contribution in [3.8, 4) is 0 Å². The van der Waals surface area contributed by atoms with Gasteiger partial charge in [-0.05, 0) is 36.8 Å². The molecule has 0 spiro atoms. The van der Waals surface area contributed by atoms with Gasteiger partial charge in [0.1, 0.15) is 5.82 Å². The predicted molar refractivity (Wildman–Crippen MR) is 75.0 cm³/mol. The fourth-order valence-electron chi connectivity index (χ4n) is 2.23. The largest absolute Gasteiger partial charge is 0.390 e. The Kier molecular flexibility index (Phi) is 3.37. The Morgan fingerprint density at radius 2 is 1.83 bits per heavy atom. The molecule has 0 unspecified atom stereocenters. The Hall–Kier alpha value is -1.09. The van der Waals surface area contributed by atoms with Crippen LogP contribution < -0.4 is 4.90 Å². The second-order valence-electron chi connectivity index (χ2n) is 6.64. The first-order valence-corrected chi connectivity index (χ1v) is 6.72. The van der Waals surface area contributed by atoms with Crippen LogP contribution in [0.25, 0.3) is 0 Å². The summed E-state index contributed by atoms with van der Waals surface area (Å²) in [4.78, 5) is 6.82. The minimum atomic E-state index is -0.498. The second-order valence-corrected chi connectivity index (χ2v) is 6.64. The van der Waals surface area contributed by atoms with Gasteiger partial charge in [-0.25, -0.2) is 4.98 Å². The zero-order valence-electron chi connectivity index (χ0n) is 11.9. The Bertz CT molecular complexity index is 393. The van der Waals surface area contributed by atoms with Crippen molar-refractivity contribution in [1.29, 1.82) is 0 Å². The maximum absolute atomic E-state index is 9.94. The van der Waals surface area contributed by atoms with Crippen molar-refractivity contribution < 1.29 is 5.11 Å². The van der Waals surface area contributed by atoms with E-state index in [0.29, 0.717) is 0 Å². The first kappa shape index (κ1) is 13.3. The van der Waals surface area contributed by atoms with Crippen molar-refractivity contribution in [2.45, 2.75) is 51.6 Å². The minimum Gasteiger partial charge on any atom is -0.390 e. The Labute approximate surface area is 110 Å². The lowest BCUT2D eigenvalue weighted by molar-refractivity contribution is 0.0350. The molecule has 1 aliphatic rings. The molecule has 1 N–H and O–H groups in total. The van der Waals surface area contributed by atoms with Crippen LogP contribution in [0.15, 0.2) is 18.3 Å². The molecule has 0 radical (unpaired) electrons. The third-order valence-corrected chi connectivity index (χ3v) is 3.78. The number of pyridine rings is 1. The fraction of sp³-hybridized carbons (Fsp3) is 0.667. The molecule has 1 aliphatic heterocycles. The number of anilines is 1. The molecule has 3 nitrogen and oxygen atoms in total. The van der Waals surface area contributed by atoms with Crippen LogP contribution in [0.3, 0.4) is 0 Å². The zero-order chi connectivity index (χ0) is 13.4. The van der Waals surface area contributed by atoms with Crippen molar-refractivity contribution in [2.75, 3.05) is 18.0 Å². The van der Waals surface area contributed by atoms with E-state index in [-0.39, 0.29) is 5.41 Å². The topological polar surface area (TPSA) is 36.4 Å². The van der Waals surface area contributed by atoms with Crippen molar-refractivity contribution in [1.82, 2.24) is 4.98 Å². The van der Waals surface area contributed by atoms with Crippen LogP contribution in [-0.2, 0) is 5.41 Å². The van der Waals surface area contributed by atoms with E-state index in [4.69, 9.17) is 0 Å². The lowest BCUT2D eigenvalue weighted by Gasteiger charge is -2.36. The summed E-state index contributed by atoms with van der Waals surface area (Å²) in [5, 5.41) is 9.94. The molecule has 100 valence electrons. The number of aliphatic hydroxyl groups is 1. The first-order chi connectivity index (χ1) is 8.28. The predicted octanol–water partition coefficient (Wildman–Crippen LogP) is 2.73. The molecular weight excluding hydrogens is 224 g/mol.